The van der Waals surface area contributed by atoms with Gasteiger partial charge in [-0.1, -0.05) is 18.1 Å². The van der Waals surface area contributed by atoms with Crippen molar-refractivity contribution in [1.82, 2.24) is 15.5 Å². The van der Waals surface area contributed by atoms with E-state index in [0.29, 0.717) is 30.4 Å². The fourth-order valence-corrected chi connectivity index (χ4v) is 2.96. The molecule has 2 aromatic rings. The van der Waals surface area contributed by atoms with Gasteiger partial charge in [-0.05, 0) is 30.9 Å². The highest BCUT2D eigenvalue weighted by Gasteiger charge is 2.24. The van der Waals surface area contributed by atoms with Crippen LogP contribution in [0.2, 0.25) is 0 Å². The number of terminal acetylenes is 1. The summed E-state index contributed by atoms with van der Waals surface area (Å²) in [7, 11) is 1.57. The molecule has 1 N–H and O–H groups in total. The number of benzene rings is 1. The number of aromatic nitrogens is 2. The van der Waals surface area contributed by atoms with Gasteiger partial charge in [-0.15, -0.1) is 16.6 Å². The minimum absolute atomic E-state index is 0.0243. The summed E-state index contributed by atoms with van der Waals surface area (Å²) >= 11 is 0. The Bertz CT molecular complexity index is 790. The molecule has 2 heterocycles. The number of hydrogen-bond acceptors (Lipinski definition) is 6. The molecule has 1 aromatic heterocycles. The first-order valence-electron chi connectivity index (χ1n) is 8.50. The van der Waals surface area contributed by atoms with E-state index in [9.17, 15) is 4.79 Å². The van der Waals surface area contributed by atoms with Crippen LogP contribution in [0, 0.1) is 18.3 Å². The smallest absolute Gasteiger partial charge is 0.251 e. The predicted molar refractivity (Wildman–Crippen MR) is 94.3 cm³/mol. The molecule has 0 bridgehead atoms. The van der Waals surface area contributed by atoms with Gasteiger partial charge in [-0.2, -0.15) is 0 Å². The van der Waals surface area contributed by atoms with E-state index < -0.39 is 0 Å². The SMILES string of the molecule is C#C[C@H](NC(=O)Cc1nnc(-c2ccccc2OC)o1)C1CCOCC1. The van der Waals surface area contributed by atoms with Gasteiger partial charge in [0.05, 0.1) is 18.7 Å². The summed E-state index contributed by atoms with van der Waals surface area (Å²) in [6, 6.07) is 7.00. The molecule has 136 valence electrons. The van der Waals surface area contributed by atoms with Crippen molar-refractivity contribution >= 4 is 5.91 Å². The highest BCUT2D eigenvalue weighted by Crippen LogP contribution is 2.28. The molecule has 1 atom stereocenters. The summed E-state index contributed by atoms with van der Waals surface area (Å²) in [5.74, 6) is 3.81. The van der Waals surface area contributed by atoms with Gasteiger partial charge >= 0.3 is 0 Å². The Hall–Kier alpha value is -2.85. The van der Waals surface area contributed by atoms with Gasteiger partial charge in [0, 0.05) is 13.2 Å². The third-order valence-corrected chi connectivity index (χ3v) is 4.35. The third kappa shape index (κ3) is 4.21. The summed E-state index contributed by atoms with van der Waals surface area (Å²) in [5.41, 5.74) is 0.679. The lowest BCUT2D eigenvalue weighted by molar-refractivity contribution is -0.121. The fraction of sp³-hybridized carbons (Fsp3) is 0.421. The van der Waals surface area contributed by atoms with E-state index in [2.05, 4.69) is 21.4 Å². The molecule has 0 aliphatic carbocycles. The molecule has 0 radical (unpaired) electrons. The normalized spacial score (nSPS) is 15.8. The third-order valence-electron chi connectivity index (χ3n) is 4.35. The molecule has 0 saturated carbocycles. The van der Waals surface area contributed by atoms with Gasteiger partial charge in [-0.25, -0.2) is 0 Å². The number of nitrogens with one attached hydrogen (secondary N) is 1. The molecule has 1 fully saturated rings. The summed E-state index contributed by atoms with van der Waals surface area (Å²) < 4.78 is 16.2. The largest absolute Gasteiger partial charge is 0.496 e. The Morgan fingerprint density at radius 1 is 1.38 bits per heavy atom. The van der Waals surface area contributed by atoms with Gasteiger partial charge < -0.3 is 19.2 Å². The van der Waals surface area contributed by atoms with Crippen LogP contribution in [0.15, 0.2) is 28.7 Å². The second kappa shape index (κ2) is 8.50. The lowest BCUT2D eigenvalue weighted by Gasteiger charge is -2.27. The number of methoxy groups -OCH3 is 1. The zero-order chi connectivity index (χ0) is 18.4. The number of carbonyl (C=O) groups excluding carboxylic acids is 1. The first-order chi connectivity index (χ1) is 12.7. The number of hydrogen-bond donors (Lipinski definition) is 1. The van der Waals surface area contributed by atoms with E-state index in [1.165, 1.54) is 0 Å². The maximum Gasteiger partial charge on any atom is 0.251 e. The topological polar surface area (TPSA) is 86.5 Å². The summed E-state index contributed by atoms with van der Waals surface area (Å²) in [4.78, 5) is 12.3. The van der Waals surface area contributed by atoms with Crippen LogP contribution in [0.4, 0.5) is 0 Å². The Labute approximate surface area is 152 Å². The van der Waals surface area contributed by atoms with Crippen molar-refractivity contribution in [3.8, 4) is 29.5 Å². The number of amides is 1. The van der Waals surface area contributed by atoms with Crippen LogP contribution >= 0.6 is 0 Å². The van der Waals surface area contributed by atoms with Gasteiger partial charge in [-0.3, -0.25) is 4.79 Å². The maximum atomic E-state index is 12.3. The number of carbonyl (C=O) groups is 1. The first kappa shape index (κ1) is 18.0. The molecule has 1 saturated heterocycles. The Balaban J connectivity index is 1.63. The summed E-state index contributed by atoms with van der Waals surface area (Å²) in [6.07, 6.45) is 7.24. The van der Waals surface area contributed by atoms with Crippen LogP contribution in [0.3, 0.4) is 0 Å². The monoisotopic (exact) mass is 355 g/mol. The second-order valence-corrected chi connectivity index (χ2v) is 6.04. The Morgan fingerprint density at radius 3 is 2.88 bits per heavy atom. The van der Waals surface area contributed by atoms with Gasteiger partial charge in [0.1, 0.15) is 12.2 Å². The van der Waals surface area contributed by atoms with E-state index >= 15 is 0 Å². The van der Waals surface area contributed by atoms with Crippen LogP contribution in [0.25, 0.3) is 11.5 Å². The molecule has 1 amide bonds. The Morgan fingerprint density at radius 2 is 2.15 bits per heavy atom. The fourth-order valence-electron chi connectivity index (χ4n) is 2.96. The van der Waals surface area contributed by atoms with Crippen molar-refractivity contribution in [2.24, 2.45) is 5.92 Å². The van der Waals surface area contributed by atoms with Crippen molar-refractivity contribution in [2.75, 3.05) is 20.3 Å². The molecule has 1 aliphatic rings. The van der Waals surface area contributed by atoms with E-state index in [4.69, 9.17) is 20.3 Å². The first-order valence-corrected chi connectivity index (χ1v) is 8.50. The molecule has 1 aromatic carbocycles. The van der Waals surface area contributed by atoms with E-state index in [-0.39, 0.29) is 30.2 Å². The molecule has 7 nitrogen and oxygen atoms in total. The summed E-state index contributed by atoms with van der Waals surface area (Å²) in [5, 5.41) is 10.8. The summed E-state index contributed by atoms with van der Waals surface area (Å²) in [6.45, 7) is 1.34. The molecule has 3 rings (SSSR count). The second-order valence-electron chi connectivity index (χ2n) is 6.04. The van der Waals surface area contributed by atoms with Gasteiger partial charge in [0.2, 0.25) is 11.8 Å². The minimum atomic E-state index is -0.317. The van der Waals surface area contributed by atoms with E-state index in [0.717, 1.165) is 12.8 Å². The number of nitrogens with zero attached hydrogens (tertiary/aromatic N) is 2. The van der Waals surface area contributed by atoms with Crippen LogP contribution < -0.4 is 10.1 Å². The standard InChI is InChI=1S/C19H21N3O4/c1-3-15(13-8-10-25-11-9-13)20-17(23)12-18-21-22-19(26-18)14-6-4-5-7-16(14)24-2/h1,4-7,13,15H,8-12H2,2H3,(H,20,23)/t15-/m0/s1. The molecular formula is C19H21N3O4. The number of para-hydroxylation sites is 1. The molecular weight excluding hydrogens is 334 g/mol. The maximum absolute atomic E-state index is 12.3. The van der Waals surface area contributed by atoms with E-state index in [1.54, 1.807) is 13.2 Å². The molecule has 26 heavy (non-hydrogen) atoms. The highest BCUT2D eigenvalue weighted by atomic mass is 16.5. The van der Waals surface area contributed by atoms with Crippen molar-refractivity contribution in [1.29, 1.82) is 0 Å². The quantitative estimate of drug-likeness (QED) is 0.796. The van der Waals surface area contributed by atoms with Gasteiger partial charge in [0.15, 0.2) is 0 Å². The molecule has 7 heteroatoms. The number of rotatable bonds is 6. The van der Waals surface area contributed by atoms with Gasteiger partial charge in [0.25, 0.3) is 5.89 Å². The van der Waals surface area contributed by atoms with Crippen molar-refractivity contribution in [3.63, 3.8) is 0 Å². The van der Waals surface area contributed by atoms with Crippen LogP contribution in [0.1, 0.15) is 18.7 Å². The molecule has 1 aliphatic heterocycles. The van der Waals surface area contributed by atoms with Crippen LogP contribution in [-0.4, -0.2) is 42.5 Å². The number of ether oxygens (including phenoxy) is 2. The lowest BCUT2D eigenvalue weighted by atomic mass is 9.92. The zero-order valence-electron chi connectivity index (χ0n) is 14.6. The predicted octanol–water partition coefficient (Wildman–Crippen LogP) is 1.83. The van der Waals surface area contributed by atoms with Crippen LogP contribution in [-0.2, 0) is 16.0 Å². The molecule has 0 unspecified atom stereocenters. The minimum Gasteiger partial charge on any atom is -0.496 e. The van der Waals surface area contributed by atoms with Crippen molar-refractivity contribution < 1.29 is 18.7 Å². The van der Waals surface area contributed by atoms with E-state index in [1.807, 2.05) is 18.2 Å². The average Bonchev–Trinajstić information content (AvgIpc) is 3.15. The van der Waals surface area contributed by atoms with Crippen LogP contribution in [0.5, 0.6) is 5.75 Å². The Kier molecular flexibility index (Phi) is 5.87. The lowest BCUT2D eigenvalue weighted by Crippen LogP contribution is -2.42. The van der Waals surface area contributed by atoms with Crippen molar-refractivity contribution in [2.45, 2.75) is 25.3 Å². The zero-order valence-corrected chi connectivity index (χ0v) is 14.6. The van der Waals surface area contributed by atoms with Crippen molar-refractivity contribution in [3.05, 3.63) is 30.2 Å². The molecule has 0 spiro atoms. The highest BCUT2D eigenvalue weighted by molar-refractivity contribution is 5.78. The average molecular weight is 355 g/mol.